The Balaban J connectivity index is 2.92. The van der Waals surface area contributed by atoms with E-state index in [1.807, 2.05) is 13.0 Å². The van der Waals surface area contributed by atoms with Crippen LogP contribution in [0.2, 0.25) is 0 Å². The largest absolute Gasteiger partial charge is 0.397 e. The molecule has 1 heterocycles. The second-order valence-corrected chi connectivity index (χ2v) is 4.27. The summed E-state index contributed by atoms with van der Waals surface area (Å²) in [5.41, 5.74) is 7.45. The second kappa shape index (κ2) is 5.70. The van der Waals surface area contributed by atoms with Crippen molar-refractivity contribution in [2.75, 3.05) is 23.8 Å². The van der Waals surface area contributed by atoms with Gasteiger partial charge in [-0.05, 0) is 38.8 Å². The van der Waals surface area contributed by atoms with Crippen LogP contribution >= 0.6 is 0 Å². The molecule has 1 rings (SSSR count). The monoisotopic (exact) mass is 223 g/mol. The molecule has 0 aliphatic heterocycles. The lowest BCUT2D eigenvalue weighted by Gasteiger charge is -2.29. The summed E-state index contributed by atoms with van der Waals surface area (Å²) in [6, 6.07) is 2.29. The molecular weight excluding hydrogens is 202 g/mol. The second-order valence-electron chi connectivity index (χ2n) is 4.27. The van der Waals surface area contributed by atoms with Crippen molar-refractivity contribution in [1.82, 2.24) is 4.98 Å². The third-order valence-corrected chi connectivity index (χ3v) is 2.52. The standard InChI is InChI=1S/C12H21N3O/c1-9(2)15(5-4-6-16)12-10(3)7-11(13)8-14-12/h7-9,16H,4-6,13H2,1-3H3. The first-order valence-electron chi connectivity index (χ1n) is 5.66. The Morgan fingerprint density at radius 1 is 1.50 bits per heavy atom. The molecule has 0 bridgehead atoms. The molecule has 4 nitrogen and oxygen atoms in total. The van der Waals surface area contributed by atoms with Gasteiger partial charge in [0.1, 0.15) is 5.82 Å². The molecule has 0 saturated carbocycles. The number of pyridine rings is 1. The summed E-state index contributed by atoms with van der Waals surface area (Å²) >= 11 is 0. The Labute approximate surface area is 97.1 Å². The molecule has 0 atom stereocenters. The quantitative estimate of drug-likeness (QED) is 0.795. The van der Waals surface area contributed by atoms with Crippen molar-refractivity contribution in [3.05, 3.63) is 17.8 Å². The van der Waals surface area contributed by atoms with Crippen molar-refractivity contribution in [2.45, 2.75) is 33.2 Å². The third-order valence-electron chi connectivity index (χ3n) is 2.52. The molecule has 0 spiro atoms. The average Bonchev–Trinajstić information content (AvgIpc) is 2.20. The number of aryl methyl sites for hydroxylation is 1. The lowest BCUT2D eigenvalue weighted by Crippen LogP contribution is -2.33. The molecule has 3 N–H and O–H groups in total. The maximum atomic E-state index is 8.89. The first-order valence-corrected chi connectivity index (χ1v) is 5.66. The Bertz CT molecular complexity index is 339. The van der Waals surface area contributed by atoms with E-state index in [1.165, 1.54) is 0 Å². The van der Waals surface area contributed by atoms with Crippen molar-refractivity contribution in [1.29, 1.82) is 0 Å². The van der Waals surface area contributed by atoms with Gasteiger partial charge in [0, 0.05) is 19.2 Å². The SMILES string of the molecule is Cc1cc(N)cnc1N(CCCO)C(C)C. The summed E-state index contributed by atoms with van der Waals surface area (Å²) < 4.78 is 0. The molecule has 0 unspecified atom stereocenters. The van der Waals surface area contributed by atoms with Gasteiger partial charge >= 0.3 is 0 Å². The van der Waals surface area contributed by atoms with Gasteiger partial charge in [-0.1, -0.05) is 0 Å². The van der Waals surface area contributed by atoms with Crippen molar-refractivity contribution >= 4 is 11.5 Å². The van der Waals surface area contributed by atoms with Crippen LogP contribution in [-0.4, -0.2) is 29.3 Å². The molecule has 4 heteroatoms. The first kappa shape index (κ1) is 12.8. The minimum absolute atomic E-state index is 0.206. The molecule has 0 aliphatic rings. The van der Waals surface area contributed by atoms with E-state index in [4.69, 9.17) is 10.8 Å². The van der Waals surface area contributed by atoms with Gasteiger partial charge in [-0.3, -0.25) is 0 Å². The topological polar surface area (TPSA) is 62.4 Å². The van der Waals surface area contributed by atoms with Gasteiger partial charge < -0.3 is 15.7 Å². The van der Waals surface area contributed by atoms with Crippen LogP contribution in [0.15, 0.2) is 12.3 Å². The van der Waals surface area contributed by atoms with Gasteiger partial charge in [0.05, 0.1) is 11.9 Å². The predicted octanol–water partition coefficient (Wildman–Crippen LogP) is 1.57. The molecule has 16 heavy (non-hydrogen) atoms. The summed E-state index contributed by atoms with van der Waals surface area (Å²) in [4.78, 5) is 6.56. The van der Waals surface area contributed by atoms with Crippen molar-refractivity contribution in [3.63, 3.8) is 0 Å². The van der Waals surface area contributed by atoms with Gasteiger partial charge in [-0.15, -0.1) is 0 Å². The summed E-state index contributed by atoms with van der Waals surface area (Å²) in [6.45, 7) is 7.26. The fourth-order valence-electron chi connectivity index (χ4n) is 1.74. The summed E-state index contributed by atoms with van der Waals surface area (Å²) in [6.07, 6.45) is 2.43. The average molecular weight is 223 g/mol. The summed E-state index contributed by atoms with van der Waals surface area (Å²) in [7, 11) is 0. The van der Waals surface area contributed by atoms with Crippen molar-refractivity contribution < 1.29 is 5.11 Å². The molecule has 0 fully saturated rings. The number of hydrogen-bond acceptors (Lipinski definition) is 4. The highest BCUT2D eigenvalue weighted by Crippen LogP contribution is 2.21. The first-order chi connectivity index (χ1) is 7.56. The summed E-state index contributed by atoms with van der Waals surface area (Å²) in [5, 5.41) is 8.89. The number of aliphatic hydroxyl groups excluding tert-OH is 1. The maximum Gasteiger partial charge on any atom is 0.131 e. The van der Waals surface area contributed by atoms with Crippen molar-refractivity contribution in [3.8, 4) is 0 Å². The minimum Gasteiger partial charge on any atom is -0.397 e. The van der Waals surface area contributed by atoms with E-state index in [0.717, 1.165) is 24.3 Å². The molecular formula is C12H21N3O. The molecule has 90 valence electrons. The van der Waals surface area contributed by atoms with Crippen LogP contribution in [0.1, 0.15) is 25.8 Å². The van der Waals surface area contributed by atoms with E-state index in [-0.39, 0.29) is 6.61 Å². The fraction of sp³-hybridized carbons (Fsp3) is 0.583. The van der Waals surface area contributed by atoms with Gasteiger partial charge in [0.15, 0.2) is 0 Å². The number of nitrogen functional groups attached to an aromatic ring is 1. The molecule has 0 aromatic carbocycles. The number of hydrogen-bond donors (Lipinski definition) is 2. The van der Waals surface area contributed by atoms with Gasteiger partial charge in [0.25, 0.3) is 0 Å². The zero-order valence-electron chi connectivity index (χ0n) is 10.3. The van der Waals surface area contributed by atoms with Crippen LogP contribution in [-0.2, 0) is 0 Å². The van der Waals surface area contributed by atoms with Crippen LogP contribution < -0.4 is 10.6 Å². The Hall–Kier alpha value is -1.29. The molecule has 0 amide bonds. The van der Waals surface area contributed by atoms with E-state index in [1.54, 1.807) is 6.20 Å². The number of nitrogens with two attached hydrogens (primary N) is 1. The molecule has 0 aliphatic carbocycles. The van der Waals surface area contributed by atoms with Crippen LogP contribution in [0.4, 0.5) is 11.5 Å². The number of nitrogens with zero attached hydrogens (tertiary/aromatic N) is 2. The van der Waals surface area contributed by atoms with Crippen LogP contribution in [0.3, 0.4) is 0 Å². The van der Waals surface area contributed by atoms with Crippen molar-refractivity contribution in [2.24, 2.45) is 0 Å². The minimum atomic E-state index is 0.206. The third kappa shape index (κ3) is 3.10. The van der Waals surface area contributed by atoms with E-state index in [0.29, 0.717) is 11.7 Å². The fourth-order valence-corrected chi connectivity index (χ4v) is 1.74. The molecule has 0 radical (unpaired) electrons. The lowest BCUT2D eigenvalue weighted by molar-refractivity contribution is 0.288. The molecule has 0 saturated heterocycles. The lowest BCUT2D eigenvalue weighted by atomic mass is 10.2. The van der Waals surface area contributed by atoms with E-state index < -0.39 is 0 Å². The number of anilines is 2. The summed E-state index contributed by atoms with van der Waals surface area (Å²) in [5.74, 6) is 0.956. The number of rotatable bonds is 5. The number of aromatic nitrogens is 1. The number of aliphatic hydroxyl groups is 1. The Kier molecular flexibility index (Phi) is 4.55. The highest BCUT2D eigenvalue weighted by molar-refractivity contribution is 5.53. The van der Waals surface area contributed by atoms with Gasteiger partial charge in [0.2, 0.25) is 0 Å². The van der Waals surface area contributed by atoms with Gasteiger partial charge in [-0.25, -0.2) is 4.98 Å². The zero-order chi connectivity index (χ0) is 12.1. The molecule has 1 aromatic heterocycles. The zero-order valence-corrected chi connectivity index (χ0v) is 10.3. The van der Waals surface area contributed by atoms with Crippen LogP contribution in [0, 0.1) is 6.92 Å². The van der Waals surface area contributed by atoms with Gasteiger partial charge in [-0.2, -0.15) is 0 Å². The highest BCUT2D eigenvalue weighted by atomic mass is 16.3. The predicted molar refractivity (Wildman–Crippen MR) is 67.6 cm³/mol. The maximum absolute atomic E-state index is 8.89. The van der Waals surface area contributed by atoms with Crippen LogP contribution in [0.25, 0.3) is 0 Å². The normalized spacial score (nSPS) is 10.8. The highest BCUT2D eigenvalue weighted by Gasteiger charge is 2.13. The smallest absolute Gasteiger partial charge is 0.131 e. The van der Waals surface area contributed by atoms with Crippen LogP contribution in [0.5, 0.6) is 0 Å². The van der Waals surface area contributed by atoms with E-state index in [2.05, 4.69) is 23.7 Å². The van der Waals surface area contributed by atoms with E-state index in [9.17, 15) is 0 Å². The Morgan fingerprint density at radius 2 is 2.19 bits per heavy atom. The Morgan fingerprint density at radius 3 is 2.69 bits per heavy atom. The molecule has 1 aromatic rings. The van der Waals surface area contributed by atoms with E-state index >= 15 is 0 Å².